The average molecular weight is 562 g/mol. The summed E-state index contributed by atoms with van der Waals surface area (Å²) in [5.41, 5.74) is 3.20. The molecule has 0 saturated carbocycles. The van der Waals surface area contributed by atoms with E-state index in [1.54, 1.807) is 12.1 Å². The molecule has 0 bridgehead atoms. The van der Waals surface area contributed by atoms with Crippen molar-refractivity contribution in [3.05, 3.63) is 91.3 Å². The lowest BCUT2D eigenvalue weighted by molar-refractivity contribution is 0.302. The molecule has 0 atom stereocenters. The van der Waals surface area contributed by atoms with Gasteiger partial charge >= 0.3 is 0 Å². The van der Waals surface area contributed by atoms with E-state index in [1.165, 1.54) is 12.1 Å². The summed E-state index contributed by atoms with van der Waals surface area (Å²) in [6.07, 6.45) is 1.70. The number of allylic oxidation sites excluding steroid dienone is 1. The minimum atomic E-state index is -0.368. The number of fused-ring (bicyclic) bond motifs is 1. The number of benzene rings is 3. The Bertz CT molecular complexity index is 1320. The van der Waals surface area contributed by atoms with Crippen LogP contribution < -0.4 is 4.74 Å². The number of nitrogens with zero attached hydrogens (tertiary/aromatic N) is 2. The molecule has 0 spiro atoms. The molecule has 0 amide bonds. The van der Waals surface area contributed by atoms with Gasteiger partial charge in [0.2, 0.25) is 0 Å². The van der Waals surface area contributed by atoms with Crippen LogP contribution in [-0.2, 0) is 6.61 Å². The third-order valence-electron chi connectivity index (χ3n) is 4.45. The van der Waals surface area contributed by atoms with Gasteiger partial charge in [0.25, 0.3) is 0 Å². The predicted molar refractivity (Wildman–Crippen MR) is 127 cm³/mol. The number of aromatic amines is 1. The Morgan fingerprint density at radius 2 is 1.84 bits per heavy atom. The fourth-order valence-corrected chi connectivity index (χ4v) is 4.54. The molecule has 8 heteroatoms. The third kappa shape index (κ3) is 4.99. The summed E-state index contributed by atoms with van der Waals surface area (Å²) in [6, 6.07) is 17.5. The minimum Gasteiger partial charge on any atom is -0.487 e. The number of nitriles is 1. The maximum absolute atomic E-state index is 13.4. The number of imidazole rings is 1. The van der Waals surface area contributed by atoms with Crippen molar-refractivity contribution >= 4 is 66.1 Å². The van der Waals surface area contributed by atoms with Crippen molar-refractivity contribution in [1.82, 2.24) is 9.97 Å². The van der Waals surface area contributed by atoms with E-state index in [9.17, 15) is 9.65 Å². The molecule has 154 valence electrons. The molecule has 0 saturated heterocycles. The Kier molecular flexibility index (Phi) is 6.42. The second-order valence-electron chi connectivity index (χ2n) is 6.65. The van der Waals surface area contributed by atoms with Crippen LogP contribution in [0.25, 0.3) is 22.7 Å². The molecule has 31 heavy (non-hydrogen) atoms. The van der Waals surface area contributed by atoms with E-state index >= 15 is 0 Å². The van der Waals surface area contributed by atoms with Crippen molar-refractivity contribution in [2.75, 3.05) is 0 Å². The molecular weight excluding hydrogens is 549 g/mol. The number of rotatable bonds is 5. The lowest BCUT2D eigenvalue weighted by Crippen LogP contribution is -1.97. The largest absolute Gasteiger partial charge is 0.487 e. The maximum Gasteiger partial charge on any atom is 0.149 e. The first kappa shape index (κ1) is 21.6. The first-order valence-corrected chi connectivity index (χ1v) is 11.0. The van der Waals surface area contributed by atoms with Gasteiger partial charge < -0.3 is 9.72 Å². The lowest BCUT2D eigenvalue weighted by atomic mass is 10.1. The standard InChI is InChI=1S/C23H13Br2ClFN3O/c24-18-8-14(9-19(25)22(18)31-12-13-1-3-16(26)4-2-13)7-15(11-28)23-29-20-6-5-17(27)10-21(20)30-23/h1-10H,12H2,(H,29,30)/b15-7-. The van der Waals surface area contributed by atoms with Gasteiger partial charge in [-0.1, -0.05) is 23.7 Å². The van der Waals surface area contributed by atoms with Crippen molar-refractivity contribution < 1.29 is 9.13 Å². The van der Waals surface area contributed by atoms with Gasteiger partial charge in [0, 0.05) is 5.02 Å². The molecule has 4 rings (SSSR count). The highest BCUT2D eigenvalue weighted by Crippen LogP contribution is 2.36. The first-order valence-electron chi connectivity index (χ1n) is 9.06. The number of nitrogens with one attached hydrogen (secondary N) is 1. The zero-order chi connectivity index (χ0) is 22.0. The number of hydrogen-bond donors (Lipinski definition) is 1. The number of ether oxygens (including phenoxy) is 1. The molecule has 1 heterocycles. The molecule has 0 aliphatic rings. The molecule has 0 radical (unpaired) electrons. The molecule has 0 fully saturated rings. The number of H-pyrrole nitrogens is 1. The first-order chi connectivity index (χ1) is 14.9. The van der Waals surface area contributed by atoms with Crippen molar-refractivity contribution in [3.8, 4) is 11.8 Å². The highest BCUT2D eigenvalue weighted by Gasteiger charge is 2.12. The summed E-state index contributed by atoms with van der Waals surface area (Å²) in [5, 5.41) is 10.3. The number of halogens is 4. The molecule has 1 aromatic heterocycles. The van der Waals surface area contributed by atoms with Crippen LogP contribution in [0.2, 0.25) is 5.02 Å². The van der Waals surface area contributed by atoms with Crippen molar-refractivity contribution in [1.29, 1.82) is 5.26 Å². The predicted octanol–water partition coefficient (Wildman–Crippen LogP) is 7.52. The molecule has 0 aliphatic heterocycles. The molecule has 4 nitrogen and oxygen atoms in total. The van der Waals surface area contributed by atoms with Crippen LogP contribution in [0.4, 0.5) is 4.39 Å². The van der Waals surface area contributed by atoms with Crippen molar-refractivity contribution in [2.45, 2.75) is 6.61 Å². The van der Waals surface area contributed by atoms with Gasteiger partial charge in [-0.15, -0.1) is 0 Å². The number of hydrogen-bond acceptors (Lipinski definition) is 3. The van der Waals surface area contributed by atoms with Gasteiger partial charge in [0.15, 0.2) is 0 Å². The van der Waals surface area contributed by atoms with E-state index in [4.69, 9.17) is 16.3 Å². The number of aromatic nitrogens is 2. The summed E-state index contributed by atoms with van der Waals surface area (Å²) in [7, 11) is 0. The zero-order valence-corrected chi connectivity index (χ0v) is 19.7. The van der Waals surface area contributed by atoms with Crippen LogP contribution in [0.3, 0.4) is 0 Å². The van der Waals surface area contributed by atoms with Crippen LogP contribution in [-0.4, -0.2) is 9.97 Å². The smallest absolute Gasteiger partial charge is 0.149 e. The summed E-state index contributed by atoms with van der Waals surface area (Å²) in [5.74, 6) is 0.649. The van der Waals surface area contributed by atoms with E-state index in [0.29, 0.717) is 39.8 Å². The topological polar surface area (TPSA) is 61.7 Å². The molecule has 0 aliphatic carbocycles. The minimum absolute atomic E-state index is 0.324. The van der Waals surface area contributed by atoms with Gasteiger partial charge in [-0.05, 0) is 91.5 Å². The zero-order valence-electron chi connectivity index (χ0n) is 15.8. The van der Waals surface area contributed by atoms with Gasteiger partial charge in [-0.25, -0.2) is 9.37 Å². The van der Waals surface area contributed by atoms with Crippen LogP contribution in [0.1, 0.15) is 17.0 Å². The fraction of sp³-hybridized carbons (Fsp3) is 0.0435. The molecule has 0 unspecified atom stereocenters. The van der Waals surface area contributed by atoms with Crippen molar-refractivity contribution in [3.63, 3.8) is 0 Å². The average Bonchev–Trinajstić information content (AvgIpc) is 3.15. The quantitative estimate of drug-likeness (QED) is 0.256. The molecule has 4 aromatic rings. The van der Waals surface area contributed by atoms with Crippen LogP contribution in [0.15, 0.2) is 63.5 Å². The Balaban J connectivity index is 1.60. The normalized spacial score (nSPS) is 11.5. The maximum atomic E-state index is 13.4. The van der Waals surface area contributed by atoms with Crippen LogP contribution in [0, 0.1) is 17.1 Å². The SMILES string of the molecule is N#C/C(=C/c1cc(Br)c(OCc2ccc(Cl)cc2)c(Br)c1)c1nc2ccc(F)cc2[nH]1. The van der Waals surface area contributed by atoms with E-state index < -0.39 is 0 Å². The van der Waals surface area contributed by atoms with Crippen LogP contribution in [0.5, 0.6) is 5.75 Å². The third-order valence-corrected chi connectivity index (χ3v) is 5.88. The van der Waals surface area contributed by atoms with E-state index in [-0.39, 0.29) is 5.82 Å². The summed E-state index contributed by atoms with van der Waals surface area (Å²) in [4.78, 5) is 7.37. The van der Waals surface area contributed by atoms with Gasteiger partial charge in [-0.3, -0.25) is 0 Å². The Labute approximate surface area is 199 Å². The lowest BCUT2D eigenvalue weighted by Gasteiger charge is -2.12. The Hall–Kier alpha value is -2.66. The summed E-state index contributed by atoms with van der Waals surface area (Å²) >= 11 is 13.0. The van der Waals surface area contributed by atoms with E-state index in [1.807, 2.05) is 36.4 Å². The fourth-order valence-electron chi connectivity index (χ4n) is 2.97. The van der Waals surface area contributed by atoms with E-state index in [2.05, 4.69) is 47.9 Å². The monoisotopic (exact) mass is 559 g/mol. The van der Waals surface area contributed by atoms with Gasteiger partial charge in [0.1, 0.15) is 30.1 Å². The van der Waals surface area contributed by atoms with Crippen molar-refractivity contribution in [2.24, 2.45) is 0 Å². The summed E-state index contributed by atoms with van der Waals surface area (Å²) < 4.78 is 20.8. The molecule has 3 aromatic carbocycles. The molecule has 1 N–H and O–H groups in total. The highest BCUT2D eigenvalue weighted by molar-refractivity contribution is 9.11. The Morgan fingerprint density at radius 1 is 1.13 bits per heavy atom. The van der Waals surface area contributed by atoms with Gasteiger partial charge in [-0.2, -0.15) is 5.26 Å². The molecular formula is C23H13Br2ClFN3O. The van der Waals surface area contributed by atoms with Gasteiger partial charge in [0.05, 0.1) is 25.6 Å². The second kappa shape index (κ2) is 9.23. The van der Waals surface area contributed by atoms with Crippen LogP contribution >= 0.6 is 43.5 Å². The Morgan fingerprint density at radius 3 is 2.52 bits per heavy atom. The van der Waals surface area contributed by atoms with E-state index in [0.717, 1.165) is 20.1 Å². The second-order valence-corrected chi connectivity index (χ2v) is 8.79. The summed E-state index contributed by atoms with van der Waals surface area (Å²) in [6.45, 7) is 0.378. The highest BCUT2D eigenvalue weighted by atomic mass is 79.9.